The third-order valence-corrected chi connectivity index (χ3v) is 4.05. The number of hydrogen-bond acceptors (Lipinski definition) is 2. The average Bonchev–Trinajstić information content (AvgIpc) is 2.43. The molecule has 0 aliphatic heterocycles. The van der Waals surface area contributed by atoms with Crippen molar-refractivity contribution in [2.24, 2.45) is 0 Å². The summed E-state index contributed by atoms with van der Waals surface area (Å²) >= 11 is 9.31. The van der Waals surface area contributed by atoms with Crippen LogP contribution in [0, 0.1) is 6.92 Å². The average molecular weight is 368 g/mol. The lowest BCUT2D eigenvalue weighted by atomic mass is 10.1. The van der Waals surface area contributed by atoms with Crippen molar-refractivity contribution in [2.45, 2.75) is 6.92 Å². The molecule has 0 atom stereocenters. The van der Waals surface area contributed by atoms with Gasteiger partial charge in [-0.15, -0.1) is 0 Å². The van der Waals surface area contributed by atoms with Crippen molar-refractivity contribution in [1.82, 2.24) is 0 Å². The molecule has 0 fully saturated rings. The Kier molecular flexibility index (Phi) is 4.91. The third-order valence-electron chi connectivity index (χ3n) is 3.12. The first kappa shape index (κ1) is 15.9. The zero-order chi connectivity index (χ0) is 15.6. The Labute approximate surface area is 138 Å². The van der Waals surface area contributed by atoms with Gasteiger partial charge in [0.1, 0.15) is 0 Å². The molecule has 0 spiro atoms. The van der Waals surface area contributed by atoms with Gasteiger partial charge in [0.2, 0.25) is 0 Å². The Balaban J connectivity index is 2.27. The minimum atomic E-state index is -0.196. The molecule has 1 N–H and O–H groups in total. The zero-order valence-electron chi connectivity index (χ0n) is 12.1. The molecule has 5 heteroatoms. The van der Waals surface area contributed by atoms with Crippen LogP contribution in [-0.4, -0.2) is 20.0 Å². The van der Waals surface area contributed by atoms with Crippen LogP contribution in [0.4, 0.5) is 11.4 Å². The summed E-state index contributed by atoms with van der Waals surface area (Å²) in [5.74, 6) is -0.196. The maximum atomic E-state index is 12.3. The lowest BCUT2D eigenvalue weighted by Gasteiger charge is -2.17. The van der Waals surface area contributed by atoms with Crippen molar-refractivity contribution in [3.63, 3.8) is 0 Å². The fourth-order valence-electron chi connectivity index (χ4n) is 2.04. The predicted molar refractivity (Wildman–Crippen MR) is 92.6 cm³/mol. The van der Waals surface area contributed by atoms with Crippen LogP contribution in [0.1, 0.15) is 15.9 Å². The first-order valence-electron chi connectivity index (χ1n) is 6.43. The van der Waals surface area contributed by atoms with E-state index >= 15 is 0 Å². The summed E-state index contributed by atoms with van der Waals surface area (Å²) in [6.07, 6.45) is 0. The number of nitrogens with one attached hydrogen (secondary N) is 1. The molecular formula is C16H16BrClN2O. The minimum absolute atomic E-state index is 0.196. The maximum Gasteiger partial charge on any atom is 0.256 e. The molecule has 0 saturated carbocycles. The van der Waals surface area contributed by atoms with Gasteiger partial charge in [-0.1, -0.05) is 17.7 Å². The van der Waals surface area contributed by atoms with Gasteiger partial charge in [0, 0.05) is 35.0 Å². The highest BCUT2D eigenvalue weighted by atomic mass is 79.9. The van der Waals surface area contributed by atoms with Gasteiger partial charge in [-0.05, 0) is 58.7 Å². The third kappa shape index (κ3) is 3.77. The number of halogens is 2. The number of aryl methyl sites for hydroxylation is 1. The molecule has 2 aromatic carbocycles. The van der Waals surface area contributed by atoms with Crippen LogP contribution >= 0.6 is 27.5 Å². The van der Waals surface area contributed by atoms with E-state index < -0.39 is 0 Å². The summed E-state index contributed by atoms with van der Waals surface area (Å²) in [5, 5.41) is 3.42. The lowest BCUT2D eigenvalue weighted by molar-refractivity contribution is 0.102. The Morgan fingerprint density at radius 2 is 1.90 bits per heavy atom. The highest BCUT2D eigenvalue weighted by molar-refractivity contribution is 9.10. The van der Waals surface area contributed by atoms with Gasteiger partial charge in [-0.3, -0.25) is 4.79 Å². The second kappa shape index (κ2) is 6.50. The van der Waals surface area contributed by atoms with Crippen molar-refractivity contribution in [3.05, 3.63) is 57.0 Å². The van der Waals surface area contributed by atoms with E-state index in [4.69, 9.17) is 11.6 Å². The fourth-order valence-corrected chi connectivity index (χ4v) is 2.64. The van der Waals surface area contributed by atoms with Gasteiger partial charge in [-0.25, -0.2) is 0 Å². The van der Waals surface area contributed by atoms with E-state index in [9.17, 15) is 4.79 Å². The topological polar surface area (TPSA) is 32.3 Å². The Morgan fingerprint density at radius 1 is 1.19 bits per heavy atom. The lowest BCUT2D eigenvalue weighted by Crippen LogP contribution is -2.14. The summed E-state index contributed by atoms with van der Waals surface area (Å²) in [6.45, 7) is 2.04. The molecule has 1 amide bonds. The first-order chi connectivity index (χ1) is 9.88. The molecule has 0 saturated heterocycles. The quantitative estimate of drug-likeness (QED) is 0.850. The molecule has 21 heavy (non-hydrogen) atoms. The highest BCUT2D eigenvalue weighted by Gasteiger charge is 2.12. The SMILES string of the molecule is Cc1ccc(NC(=O)c2cc(Cl)ccc2Br)cc1N(C)C. The van der Waals surface area contributed by atoms with E-state index in [2.05, 4.69) is 21.2 Å². The van der Waals surface area contributed by atoms with Crippen LogP contribution < -0.4 is 10.2 Å². The summed E-state index contributed by atoms with van der Waals surface area (Å²) in [7, 11) is 3.95. The number of amides is 1. The standard InChI is InChI=1S/C16H16BrClN2O/c1-10-4-6-12(9-15(10)20(2)3)19-16(21)13-8-11(18)5-7-14(13)17/h4-9H,1-3H3,(H,19,21). The molecule has 0 heterocycles. The molecule has 0 aliphatic carbocycles. The maximum absolute atomic E-state index is 12.3. The molecule has 2 aromatic rings. The van der Waals surface area contributed by atoms with E-state index in [0.717, 1.165) is 16.9 Å². The number of carbonyl (C=O) groups excluding carboxylic acids is 1. The van der Waals surface area contributed by atoms with E-state index in [0.29, 0.717) is 15.1 Å². The number of benzene rings is 2. The number of nitrogens with zero attached hydrogens (tertiary/aromatic N) is 1. The fraction of sp³-hybridized carbons (Fsp3) is 0.188. The molecule has 2 rings (SSSR count). The smallest absolute Gasteiger partial charge is 0.256 e. The second-order valence-electron chi connectivity index (χ2n) is 4.97. The molecule has 0 unspecified atom stereocenters. The number of carbonyl (C=O) groups is 1. The largest absolute Gasteiger partial charge is 0.377 e. The molecule has 0 aliphatic rings. The Bertz CT molecular complexity index is 686. The van der Waals surface area contributed by atoms with E-state index in [1.807, 2.05) is 44.1 Å². The van der Waals surface area contributed by atoms with Crippen LogP contribution in [0.25, 0.3) is 0 Å². The van der Waals surface area contributed by atoms with Crippen molar-refractivity contribution >= 4 is 44.8 Å². The first-order valence-corrected chi connectivity index (χ1v) is 7.60. The van der Waals surface area contributed by atoms with Crippen LogP contribution in [0.3, 0.4) is 0 Å². The van der Waals surface area contributed by atoms with Crippen molar-refractivity contribution in [1.29, 1.82) is 0 Å². The second-order valence-corrected chi connectivity index (χ2v) is 6.26. The van der Waals surface area contributed by atoms with Crippen LogP contribution in [-0.2, 0) is 0 Å². The molecular weight excluding hydrogens is 352 g/mol. The number of hydrogen-bond donors (Lipinski definition) is 1. The van der Waals surface area contributed by atoms with Crippen LogP contribution in [0.2, 0.25) is 5.02 Å². The van der Waals surface area contributed by atoms with Gasteiger partial charge in [0.15, 0.2) is 0 Å². The van der Waals surface area contributed by atoms with Crippen molar-refractivity contribution in [3.8, 4) is 0 Å². The van der Waals surface area contributed by atoms with Crippen LogP contribution in [0.5, 0.6) is 0 Å². The minimum Gasteiger partial charge on any atom is -0.377 e. The monoisotopic (exact) mass is 366 g/mol. The van der Waals surface area contributed by atoms with Gasteiger partial charge in [-0.2, -0.15) is 0 Å². The molecule has 0 radical (unpaired) electrons. The molecule has 110 valence electrons. The number of anilines is 2. The predicted octanol–water partition coefficient (Wildman–Crippen LogP) is 4.73. The molecule has 0 bridgehead atoms. The number of rotatable bonds is 3. The van der Waals surface area contributed by atoms with E-state index in [1.54, 1.807) is 18.2 Å². The van der Waals surface area contributed by atoms with E-state index in [-0.39, 0.29) is 5.91 Å². The molecule has 0 aromatic heterocycles. The summed E-state index contributed by atoms with van der Waals surface area (Å²) in [5.41, 5.74) is 3.48. The summed E-state index contributed by atoms with van der Waals surface area (Å²) in [6, 6.07) is 11.0. The van der Waals surface area contributed by atoms with Gasteiger partial charge < -0.3 is 10.2 Å². The molecule has 3 nitrogen and oxygen atoms in total. The van der Waals surface area contributed by atoms with Gasteiger partial charge in [0.25, 0.3) is 5.91 Å². The summed E-state index contributed by atoms with van der Waals surface area (Å²) < 4.78 is 0.712. The zero-order valence-corrected chi connectivity index (χ0v) is 14.4. The Hall–Kier alpha value is -1.52. The normalized spacial score (nSPS) is 10.3. The Morgan fingerprint density at radius 3 is 2.57 bits per heavy atom. The van der Waals surface area contributed by atoms with E-state index in [1.165, 1.54) is 0 Å². The van der Waals surface area contributed by atoms with Crippen LogP contribution in [0.15, 0.2) is 40.9 Å². The van der Waals surface area contributed by atoms with Gasteiger partial charge >= 0.3 is 0 Å². The highest BCUT2D eigenvalue weighted by Crippen LogP contribution is 2.25. The van der Waals surface area contributed by atoms with Crippen molar-refractivity contribution < 1.29 is 4.79 Å². The van der Waals surface area contributed by atoms with Crippen molar-refractivity contribution in [2.75, 3.05) is 24.3 Å². The van der Waals surface area contributed by atoms with Gasteiger partial charge in [0.05, 0.1) is 5.56 Å². The summed E-state index contributed by atoms with van der Waals surface area (Å²) in [4.78, 5) is 14.4.